The number of hydrogen-bond donors (Lipinski definition) is 1. The highest BCUT2D eigenvalue weighted by Gasteiger charge is 2.39. The topological polar surface area (TPSA) is 32.3 Å². The third-order valence-electron chi connectivity index (χ3n) is 4.31. The van der Waals surface area contributed by atoms with Crippen LogP contribution in [-0.4, -0.2) is 35.5 Å². The first-order valence-corrected chi connectivity index (χ1v) is 6.70. The fourth-order valence-electron chi connectivity index (χ4n) is 3.20. The van der Waals surface area contributed by atoms with Gasteiger partial charge >= 0.3 is 0 Å². The molecule has 4 atom stereocenters. The van der Waals surface area contributed by atoms with Crippen molar-refractivity contribution in [2.45, 2.75) is 64.6 Å². The van der Waals surface area contributed by atoms with E-state index in [9.17, 15) is 4.79 Å². The van der Waals surface area contributed by atoms with E-state index in [-0.39, 0.29) is 6.04 Å². The molecule has 0 aromatic rings. The molecule has 0 aromatic carbocycles. The van der Waals surface area contributed by atoms with Gasteiger partial charge in [0.05, 0.1) is 6.04 Å². The normalized spacial score (nSPS) is 39.3. The maximum Gasteiger partial charge on any atom is 0.240 e. The summed E-state index contributed by atoms with van der Waals surface area (Å²) in [4.78, 5) is 14.7. The summed E-state index contributed by atoms with van der Waals surface area (Å²) >= 11 is 0. The quantitative estimate of drug-likeness (QED) is 0.775. The van der Waals surface area contributed by atoms with Crippen LogP contribution in [-0.2, 0) is 4.79 Å². The molecule has 0 aromatic heterocycles. The highest BCUT2D eigenvalue weighted by Crippen LogP contribution is 2.28. The van der Waals surface area contributed by atoms with Crippen LogP contribution in [0.3, 0.4) is 0 Å². The highest BCUT2D eigenvalue weighted by molar-refractivity contribution is 5.83. The molecule has 2 aliphatic heterocycles. The lowest BCUT2D eigenvalue weighted by atomic mass is 10.0. The van der Waals surface area contributed by atoms with Crippen LogP contribution in [0.4, 0.5) is 0 Å². The van der Waals surface area contributed by atoms with Crippen LogP contribution < -0.4 is 5.32 Å². The number of rotatable bonds is 2. The molecule has 0 saturated carbocycles. The molecular weight excluding hydrogens is 200 g/mol. The summed E-state index contributed by atoms with van der Waals surface area (Å²) in [5.41, 5.74) is 0. The standard InChI is InChI=1S/C13H24N2O/c1-4-11-6-5-10(3)15(11)13(16)12-9(2)7-8-14-12/h9-12,14H,4-8H2,1-3H3. The molecular formula is C13H24N2O. The first-order chi connectivity index (χ1) is 7.65. The minimum absolute atomic E-state index is 0.0783. The zero-order valence-corrected chi connectivity index (χ0v) is 10.7. The van der Waals surface area contributed by atoms with Crippen molar-refractivity contribution >= 4 is 5.91 Å². The van der Waals surface area contributed by atoms with Crippen molar-refractivity contribution in [3.8, 4) is 0 Å². The van der Waals surface area contributed by atoms with Gasteiger partial charge in [0.15, 0.2) is 0 Å². The average Bonchev–Trinajstić information content (AvgIpc) is 2.83. The second kappa shape index (κ2) is 4.74. The molecule has 2 aliphatic rings. The van der Waals surface area contributed by atoms with E-state index >= 15 is 0 Å². The van der Waals surface area contributed by atoms with Crippen LogP contribution in [0.1, 0.15) is 46.5 Å². The zero-order chi connectivity index (χ0) is 11.7. The van der Waals surface area contributed by atoms with Crippen molar-refractivity contribution < 1.29 is 4.79 Å². The van der Waals surface area contributed by atoms with E-state index in [1.807, 2.05) is 0 Å². The summed E-state index contributed by atoms with van der Waals surface area (Å²) in [5, 5.41) is 3.36. The van der Waals surface area contributed by atoms with E-state index < -0.39 is 0 Å². The number of amides is 1. The van der Waals surface area contributed by atoms with Crippen LogP contribution in [0.15, 0.2) is 0 Å². The van der Waals surface area contributed by atoms with Gasteiger partial charge in [-0.15, -0.1) is 0 Å². The molecule has 3 nitrogen and oxygen atoms in total. The van der Waals surface area contributed by atoms with Gasteiger partial charge < -0.3 is 10.2 Å². The minimum atomic E-state index is 0.0783. The lowest BCUT2D eigenvalue weighted by Crippen LogP contribution is -2.50. The summed E-state index contributed by atoms with van der Waals surface area (Å²) in [6.45, 7) is 7.56. The van der Waals surface area contributed by atoms with Crippen LogP contribution >= 0.6 is 0 Å². The van der Waals surface area contributed by atoms with Crippen LogP contribution in [0.2, 0.25) is 0 Å². The molecule has 0 radical (unpaired) electrons. The fourth-order valence-corrected chi connectivity index (χ4v) is 3.20. The maximum atomic E-state index is 12.5. The molecule has 0 aliphatic carbocycles. The molecule has 16 heavy (non-hydrogen) atoms. The Bertz CT molecular complexity index is 267. The Balaban J connectivity index is 2.07. The Morgan fingerprint density at radius 2 is 2.06 bits per heavy atom. The molecule has 2 fully saturated rings. The molecule has 2 saturated heterocycles. The van der Waals surface area contributed by atoms with Gasteiger partial charge in [-0.1, -0.05) is 13.8 Å². The molecule has 1 amide bonds. The number of carbonyl (C=O) groups is 1. The summed E-state index contributed by atoms with van der Waals surface area (Å²) < 4.78 is 0. The first-order valence-electron chi connectivity index (χ1n) is 6.70. The van der Waals surface area contributed by atoms with Gasteiger partial charge in [0.1, 0.15) is 0 Å². The monoisotopic (exact) mass is 224 g/mol. The van der Waals surface area contributed by atoms with Crippen LogP contribution in [0, 0.1) is 5.92 Å². The van der Waals surface area contributed by atoms with E-state index in [4.69, 9.17) is 0 Å². The molecule has 2 rings (SSSR count). The number of nitrogens with zero attached hydrogens (tertiary/aromatic N) is 1. The third-order valence-corrected chi connectivity index (χ3v) is 4.31. The van der Waals surface area contributed by atoms with Crippen molar-refractivity contribution in [3.05, 3.63) is 0 Å². The number of nitrogens with one attached hydrogen (secondary N) is 1. The van der Waals surface area contributed by atoms with Gasteiger partial charge in [0.2, 0.25) is 5.91 Å². The van der Waals surface area contributed by atoms with Crippen molar-refractivity contribution in [1.82, 2.24) is 10.2 Å². The van der Waals surface area contributed by atoms with Crippen molar-refractivity contribution in [2.24, 2.45) is 5.92 Å². The van der Waals surface area contributed by atoms with Crippen LogP contribution in [0.5, 0.6) is 0 Å². The largest absolute Gasteiger partial charge is 0.336 e. The van der Waals surface area contributed by atoms with E-state index in [0.29, 0.717) is 23.9 Å². The van der Waals surface area contributed by atoms with Gasteiger partial charge in [-0.3, -0.25) is 4.79 Å². The van der Waals surface area contributed by atoms with Gasteiger partial charge in [0.25, 0.3) is 0 Å². The fraction of sp³-hybridized carbons (Fsp3) is 0.923. The third kappa shape index (κ3) is 1.97. The van der Waals surface area contributed by atoms with E-state index in [1.54, 1.807) is 0 Å². The lowest BCUT2D eigenvalue weighted by Gasteiger charge is -2.31. The van der Waals surface area contributed by atoms with E-state index in [0.717, 1.165) is 19.4 Å². The van der Waals surface area contributed by atoms with Crippen molar-refractivity contribution in [3.63, 3.8) is 0 Å². The Morgan fingerprint density at radius 1 is 1.31 bits per heavy atom. The predicted octanol–water partition coefficient (Wildman–Crippen LogP) is 1.77. The Morgan fingerprint density at radius 3 is 2.62 bits per heavy atom. The van der Waals surface area contributed by atoms with Gasteiger partial charge in [-0.05, 0) is 45.1 Å². The summed E-state index contributed by atoms with van der Waals surface area (Å²) in [6, 6.07) is 0.999. The number of carbonyl (C=O) groups excluding carboxylic acids is 1. The maximum absolute atomic E-state index is 12.5. The Labute approximate surface area is 98.6 Å². The van der Waals surface area contributed by atoms with E-state index in [2.05, 4.69) is 31.0 Å². The molecule has 4 unspecified atom stereocenters. The van der Waals surface area contributed by atoms with Crippen LogP contribution in [0.25, 0.3) is 0 Å². The minimum Gasteiger partial charge on any atom is -0.336 e. The summed E-state index contributed by atoms with van der Waals surface area (Å²) in [7, 11) is 0. The zero-order valence-electron chi connectivity index (χ0n) is 10.7. The van der Waals surface area contributed by atoms with Crippen molar-refractivity contribution in [2.75, 3.05) is 6.54 Å². The Kier molecular flexibility index (Phi) is 3.53. The molecule has 0 bridgehead atoms. The van der Waals surface area contributed by atoms with Gasteiger partial charge in [0, 0.05) is 12.1 Å². The predicted molar refractivity (Wildman–Crippen MR) is 65.2 cm³/mol. The number of hydrogen-bond acceptors (Lipinski definition) is 2. The first kappa shape index (κ1) is 11.9. The molecule has 3 heteroatoms. The second-order valence-corrected chi connectivity index (χ2v) is 5.43. The SMILES string of the molecule is CCC1CCC(C)N1C(=O)C1NCCC1C. The number of likely N-dealkylation sites (tertiary alicyclic amines) is 1. The van der Waals surface area contributed by atoms with Crippen molar-refractivity contribution in [1.29, 1.82) is 0 Å². The molecule has 92 valence electrons. The van der Waals surface area contributed by atoms with E-state index in [1.165, 1.54) is 12.8 Å². The molecule has 0 spiro atoms. The Hall–Kier alpha value is -0.570. The summed E-state index contributed by atoms with van der Waals surface area (Å²) in [5.74, 6) is 0.847. The summed E-state index contributed by atoms with van der Waals surface area (Å²) in [6.07, 6.45) is 4.59. The highest BCUT2D eigenvalue weighted by atomic mass is 16.2. The average molecular weight is 224 g/mol. The molecule has 1 N–H and O–H groups in total. The smallest absolute Gasteiger partial charge is 0.240 e. The lowest BCUT2D eigenvalue weighted by molar-refractivity contribution is -0.136. The van der Waals surface area contributed by atoms with Gasteiger partial charge in [-0.2, -0.15) is 0 Å². The molecule has 2 heterocycles. The van der Waals surface area contributed by atoms with Gasteiger partial charge in [-0.25, -0.2) is 0 Å². The second-order valence-electron chi connectivity index (χ2n) is 5.43.